The number of rotatable bonds is 6. The van der Waals surface area contributed by atoms with Gasteiger partial charge < -0.3 is 5.32 Å². The number of nitrogens with one attached hydrogen (secondary N) is 1. The number of thiazole rings is 1. The molecule has 0 bridgehead atoms. The molecule has 0 fully saturated rings. The van der Waals surface area contributed by atoms with Gasteiger partial charge in [0.25, 0.3) is 0 Å². The van der Waals surface area contributed by atoms with Gasteiger partial charge in [-0.2, -0.15) is 11.3 Å². The number of amides is 1. The maximum Gasteiger partial charge on any atom is 0.230 e. The van der Waals surface area contributed by atoms with Crippen LogP contribution in [0.4, 0.5) is 0 Å². The molecule has 4 aromatic rings. The number of thioether (sulfide) groups is 1. The third-order valence-electron chi connectivity index (χ3n) is 3.76. The van der Waals surface area contributed by atoms with Gasteiger partial charge in [-0.05, 0) is 35.2 Å². The highest BCUT2D eigenvalue weighted by molar-refractivity contribution is 8.01. The van der Waals surface area contributed by atoms with Crippen molar-refractivity contribution in [1.82, 2.24) is 15.3 Å². The van der Waals surface area contributed by atoms with Crippen LogP contribution >= 0.6 is 34.4 Å². The minimum atomic E-state index is -0.00521. The number of benzene rings is 1. The summed E-state index contributed by atoms with van der Waals surface area (Å²) in [6.07, 6.45) is 1.78. The highest BCUT2D eigenvalue weighted by Crippen LogP contribution is 2.29. The molecular formula is C19H15N3OS3. The zero-order valence-electron chi connectivity index (χ0n) is 13.7. The number of hydrogen-bond acceptors (Lipinski definition) is 6. The number of fused-ring (bicyclic) bond motifs is 1. The van der Waals surface area contributed by atoms with Crippen molar-refractivity contribution in [3.05, 3.63) is 65.0 Å². The van der Waals surface area contributed by atoms with Crippen molar-refractivity contribution in [3.8, 4) is 11.3 Å². The van der Waals surface area contributed by atoms with Gasteiger partial charge >= 0.3 is 0 Å². The standard InChI is InChI=1S/C19H15N3OS3/c23-17(12-25-19-22-15-5-1-2-6-16(15)26-19)21-10-13-4-3-8-20-18(13)14-7-9-24-11-14/h1-9,11H,10,12H2,(H,21,23). The van der Waals surface area contributed by atoms with E-state index in [1.165, 1.54) is 11.8 Å². The first-order valence-electron chi connectivity index (χ1n) is 8.01. The van der Waals surface area contributed by atoms with Crippen LogP contribution in [0.15, 0.2) is 63.8 Å². The minimum absolute atomic E-state index is 0.00521. The number of carbonyl (C=O) groups is 1. The Morgan fingerprint density at radius 2 is 2.08 bits per heavy atom. The molecule has 0 atom stereocenters. The summed E-state index contributed by atoms with van der Waals surface area (Å²) >= 11 is 4.73. The molecule has 3 aromatic heterocycles. The highest BCUT2D eigenvalue weighted by atomic mass is 32.2. The van der Waals surface area contributed by atoms with Gasteiger partial charge in [0.1, 0.15) is 0 Å². The topological polar surface area (TPSA) is 54.9 Å². The fourth-order valence-corrected chi connectivity index (χ4v) is 5.06. The second-order valence-corrected chi connectivity index (χ2v) is 8.57. The lowest BCUT2D eigenvalue weighted by atomic mass is 10.1. The number of pyridine rings is 1. The second kappa shape index (κ2) is 7.99. The molecule has 1 N–H and O–H groups in total. The monoisotopic (exact) mass is 397 g/mol. The first kappa shape index (κ1) is 17.2. The summed E-state index contributed by atoms with van der Waals surface area (Å²) in [7, 11) is 0. The molecule has 0 spiro atoms. The summed E-state index contributed by atoms with van der Waals surface area (Å²) in [5.41, 5.74) is 4.01. The maximum absolute atomic E-state index is 12.2. The number of para-hydroxylation sites is 1. The lowest BCUT2D eigenvalue weighted by molar-refractivity contribution is -0.118. The van der Waals surface area contributed by atoms with Gasteiger partial charge in [0.15, 0.2) is 4.34 Å². The van der Waals surface area contributed by atoms with E-state index in [2.05, 4.69) is 20.7 Å². The predicted molar refractivity (Wildman–Crippen MR) is 110 cm³/mol. The Kier molecular flexibility index (Phi) is 5.29. The summed E-state index contributed by atoms with van der Waals surface area (Å²) in [4.78, 5) is 21.2. The van der Waals surface area contributed by atoms with E-state index in [4.69, 9.17) is 0 Å². The van der Waals surface area contributed by atoms with E-state index in [9.17, 15) is 4.79 Å². The molecule has 4 rings (SSSR count). The van der Waals surface area contributed by atoms with E-state index in [1.54, 1.807) is 28.9 Å². The molecule has 0 aliphatic rings. The molecule has 0 unspecified atom stereocenters. The third kappa shape index (κ3) is 3.95. The predicted octanol–water partition coefficient (Wildman–Crippen LogP) is 4.83. The molecule has 4 nitrogen and oxygen atoms in total. The molecular weight excluding hydrogens is 382 g/mol. The molecule has 7 heteroatoms. The molecule has 0 saturated carbocycles. The van der Waals surface area contributed by atoms with Crippen molar-refractivity contribution in [2.45, 2.75) is 10.9 Å². The quantitative estimate of drug-likeness (QED) is 0.474. The van der Waals surface area contributed by atoms with Crippen molar-refractivity contribution >= 4 is 50.6 Å². The lowest BCUT2D eigenvalue weighted by Gasteiger charge is -2.08. The number of nitrogens with zero attached hydrogens (tertiary/aromatic N) is 2. The Labute approximate surface area is 163 Å². The van der Waals surface area contributed by atoms with Crippen LogP contribution in [0.1, 0.15) is 5.56 Å². The van der Waals surface area contributed by atoms with E-state index in [0.29, 0.717) is 12.3 Å². The first-order valence-corrected chi connectivity index (χ1v) is 10.8. The smallest absolute Gasteiger partial charge is 0.230 e. The van der Waals surface area contributed by atoms with Crippen LogP contribution in [0.2, 0.25) is 0 Å². The molecule has 130 valence electrons. The van der Waals surface area contributed by atoms with Crippen molar-refractivity contribution in [2.75, 3.05) is 5.75 Å². The fourth-order valence-electron chi connectivity index (χ4n) is 2.53. The largest absolute Gasteiger partial charge is 0.351 e. The normalized spacial score (nSPS) is 10.9. The summed E-state index contributed by atoms with van der Waals surface area (Å²) in [6.45, 7) is 0.470. The fraction of sp³-hybridized carbons (Fsp3) is 0.105. The molecule has 0 radical (unpaired) electrons. The van der Waals surface area contributed by atoms with Gasteiger partial charge in [-0.15, -0.1) is 11.3 Å². The maximum atomic E-state index is 12.2. The Bertz CT molecular complexity index is 994. The molecule has 3 heterocycles. The van der Waals surface area contributed by atoms with Gasteiger partial charge in [0.05, 0.1) is 21.7 Å². The SMILES string of the molecule is O=C(CSc1nc2ccccc2s1)NCc1cccnc1-c1ccsc1. The zero-order valence-corrected chi connectivity index (χ0v) is 16.2. The molecule has 0 aliphatic heterocycles. The van der Waals surface area contributed by atoms with Crippen molar-refractivity contribution in [1.29, 1.82) is 0 Å². The van der Waals surface area contributed by atoms with Crippen LogP contribution in [0.3, 0.4) is 0 Å². The number of hydrogen-bond donors (Lipinski definition) is 1. The van der Waals surface area contributed by atoms with Crippen molar-refractivity contribution < 1.29 is 4.79 Å². The van der Waals surface area contributed by atoms with Gasteiger partial charge in [-0.3, -0.25) is 9.78 Å². The van der Waals surface area contributed by atoms with Gasteiger partial charge in [0, 0.05) is 23.7 Å². The summed E-state index contributed by atoms with van der Waals surface area (Å²) < 4.78 is 2.06. The Balaban J connectivity index is 1.36. The minimum Gasteiger partial charge on any atom is -0.351 e. The molecule has 26 heavy (non-hydrogen) atoms. The van der Waals surface area contributed by atoms with Crippen LogP contribution in [0, 0.1) is 0 Å². The van der Waals surface area contributed by atoms with E-state index < -0.39 is 0 Å². The van der Waals surface area contributed by atoms with E-state index in [1.807, 2.05) is 47.8 Å². The van der Waals surface area contributed by atoms with Crippen LogP contribution < -0.4 is 5.32 Å². The third-order valence-corrected chi connectivity index (χ3v) is 6.63. The van der Waals surface area contributed by atoms with Crippen molar-refractivity contribution in [2.24, 2.45) is 0 Å². The van der Waals surface area contributed by atoms with Crippen LogP contribution in [-0.4, -0.2) is 21.6 Å². The first-order chi connectivity index (χ1) is 12.8. The highest BCUT2D eigenvalue weighted by Gasteiger charge is 2.10. The summed E-state index contributed by atoms with van der Waals surface area (Å²) in [6, 6.07) is 14.0. The van der Waals surface area contributed by atoms with Gasteiger partial charge in [0.2, 0.25) is 5.91 Å². The van der Waals surface area contributed by atoms with Crippen molar-refractivity contribution in [3.63, 3.8) is 0 Å². The number of aromatic nitrogens is 2. The Hall–Kier alpha value is -2.22. The second-order valence-electron chi connectivity index (χ2n) is 5.54. The average molecular weight is 398 g/mol. The van der Waals surface area contributed by atoms with Gasteiger partial charge in [-0.1, -0.05) is 30.0 Å². The molecule has 1 aromatic carbocycles. The van der Waals surface area contributed by atoms with Crippen LogP contribution in [-0.2, 0) is 11.3 Å². The number of thiophene rings is 1. The van der Waals surface area contributed by atoms with E-state index in [-0.39, 0.29) is 5.91 Å². The Morgan fingerprint density at radius 3 is 2.92 bits per heavy atom. The van der Waals surface area contributed by atoms with Crippen LogP contribution in [0.5, 0.6) is 0 Å². The average Bonchev–Trinajstić information content (AvgIpc) is 3.34. The van der Waals surface area contributed by atoms with Crippen LogP contribution in [0.25, 0.3) is 21.5 Å². The number of carbonyl (C=O) groups excluding carboxylic acids is 1. The van der Waals surface area contributed by atoms with E-state index >= 15 is 0 Å². The Morgan fingerprint density at radius 1 is 1.15 bits per heavy atom. The molecule has 1 amide bonds. The summed E-state index contributed by atoms with van der Waals surface area (Å²) in [5.74, 6) is 0.350. The summed E-state index contributed by atoms with van der Waals surface area (Å²) in [5, 5.41) is 7.08. The van der Waals surface area contributed by atoms with E-state index in [0.717, 1.165) is 31.4 Å². The van der Waals surface area contributed by atoms with Gasteiger partial charge in [-0.25, -0.2) is 4.98 Å². The molecule has 0 saturated heterocycles. The zero-order chi connectivity index (χ0) is 17.8. The lowest BCUT2D eigenvalue weighted by Crippen LogP contribution is -2.24. The molecule has 0 aliphatic carbocycles.